The van der Waals surface area contributed by atoms with Crippen LogP contribution in [0.25, 0.3) is 0 Å². The summed E-state index contributed by atoms with van der Waals surface area (Å²) in [5.41, 5.74) is 5.33. The molecule has 1 N–H and O–H groups in total. The molecule has 2 aromatic carbocycles. The number of halogens is 2. The second-order valence-electron chi connectivity index (χ2n) is 5.11. The van der Waals surface area contributed by atoms with E-state index < -0.39 is 6.61 Å². The summed E-state index contributed by atoms with van der Waals surface area (Å²) in [6.45, 7) is 3.91. The van der Waals surface area contributed by atoms with E-state index in [4.69, 9.17) is 0 Å². The number of aryl methyl sites for hydroxylation is 3. The lowest BCUT2D eigenvalue weighted by molar-refractivity contribution is -0.0493. The molecule has 2 aromatic rings. The molecule has 0 bridgehead atoms. The molecule has 0 aliphatic carbocycles. The summed E-state index contributed by atoms with van der Waals surface area (Å²) in [5, 5.41) is 3.18. The van der Waals surface area contributed by atoms with Crippen LogP contribution in [-0.2, 0) is 6.54 Å². The van der Waals surface area contributed by atoms with Crippen LogP contribution in [0.4, 0.5) is 14.5 Å². The second-order valence-corrected chi connectivity index (χ2v) is 5.11. The number of rotatable bonds is 5. The van der Waals surface area contributed by atoms with Gasteiger partial charge in [-0.2, -0.15) is 8.78 Å². The molecule has 0 atom stereocenters. The van der Waals surface area contributed by atoms with E-state index >= 15 is 0 Å². The maximum Gasteiger partial charge on any atom is 0.387 e. The molecule has 0 fully saturated rings. The van der Waals surface area contributed by atoms with Crippen molar-refractivity contribution in [3.8, 4) is 5.75 Å². The average molecular weight is 291 g/mol. The van der Waals surface area contributed by atoms with Gasteiger partial charge < -0.3 is 10.1 Å². The van der Waals surface area contributed by atoms with Crippen LogP contribution >= 0.6 is 0 Å². The van der Waals surface area contributed by atoms with Crippen molar-refractivity contribution in [2.24, 2.45) is 0 Å². The van der Waals surface area contributed by atoms with Crippen LogP contribution in [0.3, 0.4) is 0 Å². The van der Waals surface area contributed by atoms with Crippen molar-refractivity contribution in [2.75, 3.05) is 5.32 Å². The first-order chi connectivity index (χ1) is 9.97. The highest BCUT2D eigenvalue weighted by Crippen LogP contribution is 2.27. The number of anilines is 1. The molecule has 0 aliphatic heterocycles. The van der Waals surface area contributed by atoms with Crippen molar-refractivity contribution >= 4 is 5.69 Å². The fourth-order valence-corrected chi connectivity index (χ4v) is 2.48. The van der Waals surface area contributed by atoms with Crippen LogP contribution in [0.1, 0.15) is 22.3 Å². The number of hydrogen-bond donors (Lipinski definition) is 1. The second kappa shape index (κ2) is 6.57. The van der Waals surface area contributed by atoms with Crippen LogP contribution in [0.5, 0.6) is 5.75 Å². The molecule has 112 valence electrons. The van der Waals surface area contributed by atoms with Crippen molar-refractivity contribution in [3.63, 3.8) is 0 Å². The van der Waals surface area contributed by atoms with Gasteiger partial charge in [-0.25, -0.2) is 0 Å². The smallest absolute Gasteiger partial charge is 0.387 e. The molecular formula is C17H19F2NO. The van der Waals surface area contributed by atoms with Crippen molar-refractivity contribution in [3.05, 3.63) is 58.7 Å². The van der Waals surface area contributed by atoms with Gasteiger partial charge in [0.1, 0.15) is 5.75 Å². The summed E-state index contributed by atoms with van der Waals surface area (Å²) in [5.74, 6) is 0.162. The molecule has 0 spiro atoms. The van der Waals surface area contributed by atoms with Gasteiger partial charge in [0.2, 0.25) is 0 Å². The first-order valence-corrected chi connectivity index (χ1v) is 6.82. The molecule has 2 rings (SSSR count). The standard InChI is InChI=1S/C17H19F2NO/c1-11-8-12(2)14(13(3)9-11)10-20-15-6-4-5-7-16(15)21-17(18)19/h4-9,17,20H,10H2,1-3H3. The quantitative estimate of drug-likeness (QED) is 0.852. The number of benzene rings is 2. The maximum atomic E-state index is 12.4. The van der Waals surface area contributed by atoms with E-state index in [-0.39, 0.29) is 5.75 Å². The minimum absolute atomic E-state index is 0.162. The molecule has 4 heteroatoms. The Balaban J connectivity index is 2.17. The zero-order chi connectivity index (χ0) is 15.4. The van der Waals surface area contributed by atoms with Crippen molar-refractivity contribution < 1.29 is 13.5 Å². The summed E-state index contributed by atoms with van der Waals surface area (Å²) >= 11 is 0. The summed E-state index contributed by atoms with van der Waals surface area (Å²) in [7, 11) is 0. The van der Waals surface area contributed by atoms with E-state index in [0.29, 0.717) is 12.2 Å². The monoisotopic (exact) mass is 291 g/mol. The number of para-hydroxylation sites is 2. The number of nitrogens with one attached hydrogen (secondary N) is 1. The van der Waals surface area contributed by atoms with E-state index in [2.05, 4.69) is 43.0 Å². The number of hydrogen-bond acceptors (Lipinski definition) is 2. The predicted molar refractivity (Wildman–Crippen MR) is 81.1 cm³/mol. The third-order valence-electron chi connectivity index (χ3n) is 3.40. The average Bonchev–Trinajstić information content (AvgIpc) is 2.38. The van der Waals surface area contributed by atoms with Gasteiger partial charge in [-0.1, -0.05) is 29.8 Å². The summed E-state index contributed by atoms with van der Waals surface area (Å²) in [6.07, 6.45) is 0. The van der Waals surface area contributed by atoms with Crippen molar-refractivity contribution in [1.29, 1.82) is 0 Å². The van der Waals surface area contributed by atoms with Crippen LogP contribution < -0.4 is 10.1 Å². The van der Waals surface area contributed by atoms with Gasteiger partial charge in [0.05, 0.1) is 5.69 Å². The molecule has 0 saturated heterocycles. The van der Waals surface area contributed by atoms with Gasteiger partial charge in [-0.05, 0) is 49.6 Å². The topological polar surface area (TPSA) is 21.3 Å². The van der Waals surface area contributed by atoms with Gasteiger partial charge in [0, 0.05) is 6.54 Å². The van der Waals surface area contributed by atoms with E-state index in [0.717, 1.165) is 0 Å². The van der Waals surface area contributed by atoms with Gasteiger partial charge >= 0.3 is 6.61 Å². The lowest BCUT2D eigenvalue weighted by Gasteiger charge is -2.15. The Morgan fingerprint density at radius 1 is 1.05 bits per heavy atom. The summed E-state index contributed by atoms with van der Waals surface area (Å²) in [4.78, 5) is 0. The Hall–Kier alpha value is -2.10. The third kappa shape index (κ3) is 3.94. The number of alkyl halides is 2. The zero-order valence-corrected chi connectivity index (χ0v) is 12.4. The Bertz CT molecular complexity index is 603. The highest BCUT2D eigenvalue weighted by molar-refractivity contribution is 5.57. The van der Waals surface area contributed by atoms with Crippen LogP contribution in [0, 0.1) is 20.8 Å². The Labute approximate surface area is 123 Å². The molecule has 0 saturated carbocycles. The molecule has 0 heterocycles. The predicted octanol–water partition coefficient (Wildman–Crippen LogP) is 4.83. The lowest BCUT2D eigenvalue weighted by atomic mass is 10.00. The van der Waals surface area contributed by atoms with E-state index in [9.17, 15) is 8.78 Å². The first-order valence-electron chi connectivity index (χ1n) is 6.82. The highest BCUT2D eigenvalue weighted by Gasteiger charge is 2.10. The molecule has 2 nitrogen and oxygen atoms in total. The lowest BCUT2D eigenvalue weighted by Crippen LogP contribution is -2.08. The van der Waals surface area contributed by atoms with Crippen LogP contribution in [-0.4, -0.2) is 6.61 Å². The SMILES string of the molecule is Cc1cc(C)c(CNc2ccccc2OC(F)F)c(C)c1. The summed E-state index contributed by atoms with van der Waals surface area (Å²) in [6, 6.07) is 11.0. The molecule has 0 amide bonds. The fourth-order valence-electron chi connectivity index (χ4n) is 2.48. The molecule has 0 aliphatic rings. The first kappa shape index (κ1) is 15.3. The van der Waals surface area contributed by atoms with Gasteiger partial charge in [-0.15, -0.1) is 0 Å². The highest BCUT2D eigenvalue weighted by atomic mass is 19.3. The Morgan fingerprint density at radius 3 is 2.29 bits per heavy atom. The Morgan fingerprint density at radius 2 is 1.67 bits per heavy atom. The summed E-state index contributed by atoms with van der Waals surface area (Å²) < 4.78 is 29.3. The molecular weight excluding hydrogens is 272 g/mol. The normalized spacial score (nSPS) is 10.8. The molecule has 0 unspecified atom stereocenters. The van der Waals surface area contributed by atoms with E-state index in [1.807, 2.05) is 0 Å². The molecule has 21 heavy (non-hydrogen) atoms. The fraction of sp³-hybridized carbons (Fsp3) is 0.294. The van der Waals surface area contributed by atoms with E-state index in [1.54, 1.807) is 18.2 Å². The van der Waals surface area contributed by atoms with Crippen molar-refractivity contribution in [2.45, 2.75) is 33.9 Å². The molecule has 0 radical (unpaired) electrons. The third-order valence-corrected chi connectivity index (χ3v) is 3.40. The maximum absolute atomic E-state index is 12.4. The Kier molecular flexibility index (Phi) is 4.78. The minimum Gasteiger partial charge on any atom is -0.433 e. The van der Waals surface area contributed by atoms with E-state index in [1.165, 1.54) is 28.3 Å². The molecule has 0 aromatic heterocycles. The zero-order valence-electron chi connectivity index (χ0n) is 12.4. The largest absolute Gasteiger partial charge is 0.433 e. The number of ether oxygens (including phenoxy) is 1. The van der Waals surface area contributed by atoms with Gasteiger partial charge in [0.15, 0.2) is 0 Å². The van der Waals surface area contributed by atoms with Crippen LogP contribution in [0.15, 0.2) is 36.4 Å². The van der Waals surface area contributed by atoms with Crippen molar-refractivity contribution in [1.82, 2.24) is 0 Å². The van der Waals surface area contributed by atoms with Gasteiger partial charge in [-0.3, -0.25) is 0 Å². The minimum atomic E-state index is -2.82. The van der Waals surface area contributed by atoms with Gasteiger partial charge in [0.25, 0.3) is 0 Å². The van der Waals surface area contributed by atoms with Crippen LogP contribution in [0.2, 0.25) is 0 Å².